The van der Waals surface area contributed by atoms with Gasteiger partial charge in [0, 0.05) is 10.6 Å². The van der Waals surface area contributed by atoms with Crippen molar-refractivity contribution < 1.29 is 4.74 Å². The normalized spacial score (nSPS) is 10.4. The number of aryl methyl sites for hydroxylation is 1. The highest BCUT2D eigenvalue weighted by atomic mass is 32.2. The van der Waals surface area contributed by atoms with Crippen LogP contribution in [0.2, 0.25) is 0 Å². The molecule has 4 nitrogen and oxygen atoms in total. The van der Waals surface area contributed by atoms with Crippen LogP contribution in [0.3, 0.4) is 0 Å². The van der Waals surface area contributed by atoms with Crippen LogP contribution in [-0.4, -0.2) is 16.5 Å². The summed E-state index contributed by atoms with van der Waals surface area (Å²) >= 11 is 2.88. The van der Waals surface area contributed by atoms with Crippen LogP contribution in [0.5, 0.6) is 5.75 Å². The fourth-order valence-electron chi connectivity index (χ4n) is 1.14. The lowest BCUT2D eigenvalue weighted by Gasteiger charge is -2.05. The lowest BCUT2D eigenvalue weighted by atomic mass is 10.3. The fraction of sp³-hybridized carbons (Fsp3) is 0.200. The van der Waals surface area contributed by atoms with Gasteiger partial charge in [-0.05, 0) is 36.7 Å². The highest BCUT2D eigenvalue weighted by Gasteiger charge is 2.07. The van der Waals surface area contributed by atoms with E-state index in [1.807, 2.05) is 25.1 Å². The third-order valence-corrected chi connectivity index (χ3v) is 3.84. The molecule has 0 bridgehead atoms. The van der Waals surface area contributed by atoms with Crippen molar-refractivity contribution in [3.05, 3.63) is 24.0 Å². The van der Waals surface area contributed by atoms with Crippen LogP contribution < -0.4 is 10.5 Å². The zero-order valence-electron chi connectivity index (χ0n) is 8.93. The second-order valence-corrected chi connectivity index (χ2v) is 5.15. The molecular formula is C10H11N3OS2. The highest BCUT2D eigenvalue weighted by molar-refractivity contribution is 8.01. The van der Waals surface area contributed by atoms with Gasteiger partial charge in [0.1, 0.15) is 11.6 Å². The summed E-state index contributed by atoms with van der Waals surface area (Å²) in [6, 6.07) is 5.57. The van der Waals surface area contributed by atoms with Crippen molar-refractivity contribution in [1.29, 1.82) is 0 Å². The predicted molar refractivity (Wildman–Crippen MR) is 66.2 cm³/mol. The molecule has 0 saturated heterocycles. The molecule has 2 N–H and O–H groups in total. The minimum atomic E-state index is 0.721. The van der Waals surface area contributed by atoms with Gasteiger partial charge in [0.2, 0.25) is 0 Å². The summed E-state index contributed by atoms with van der Waals surface area (Å²) in [5.74, 6) is 1.58. The first-order valence-electron chi connectivity index (χ1n) is 4.60. The molecular weight excluding hydrogens is 242 g/mol. The summed E-state index contributed by atoms with van der Waals surface area (Å²) in [6.45, 7) is 1.87. The van der Waals surface area contributed by atoms with E-state index in [1.165, 1.54) is 23.3 Å². The molecule has 0 aliphatic carbocycles. The Kier molecular flexibility index (Phi) is 3.31. The molecule has 1 aromatic heterocycles. The Morgan fingerprint density at radius 3 is 2.88 bits per heavy atom. The molecule has 2 aromatic rings. The molecule has 0 radical (unpaired) electrons. The van der Waals surface area contributed by atoms with Crippen LogP contribution in [-0.2, 0) is 0 Å². The molecule has 0 unspecified atom stereocenters. The lowest BCUT2D eigenvalue weighted by molar-refractivity contribution is 0.414. The number of nitrogens with zero attached hydrogens (tertiary/aromatic N) is 2. The van der Waals surface area contributed by atoms with Crippen molar-refractivity contribution in [2.24, 2.45) is 0 Å². The van der Waals surface area contributed by atoms with Crippen LogP contribution in [0.1, 0.15) is 5.82 Å². The van der Waals surface area contributed by atoms with Crippen molar-refractivity contribution >= 4 is 29.0 Å². The van der Waals surface area contributed by atoms with Crippen LogP contribution in [0.25, 0.3) is 0 Å². The number of hydrogen-bond donors (Lipinski definition) is 1. The number of rotatable bonds is 3. The molecule has 1 aromatic carbocycles. The SMILES string of the molecule is COc1ccc(N)c(Sc2nc(C)ns2)c1. The first-order valence-corrected chi connectivity index (χ1v) is 6.19. The topological polar surface area (TPSA) is 61.0 Å². The summed E-state index contributed by atoms with van der Waals surface area (Å²) < 4.78 is 10.2. The standard InChI is InChI=1S/C10H11N3OS2/c1-6-12-10(16-13-6)15-9-5-7(14-2)3-4-8(9)11/h3-5H,11H2,1-2H3. The van der Waals surface area contributed by atoms with Gasteiger partial charge in [0.25, 0.3) is 0 Å². The maximum Gasteiger partial charge on any atom is 0.174 e. The van der Waals surface area contributed by atoms with E-state index in [-0.39, 0.29) is 0 Å². The van der Waals surface area contributed by atoms with Gasteiger partial charge in [-0.3, -0.25) is 0 Å². The number of hydrogen-bond acceptors (Lipinski definition) is 6. The first kappa shape index (κ1) is 11.2. The van der Waals surface area contributed by atoms with Crippen molar-refractivity contribution in [2.45, 2.75) is 16.2 Å². The molecule has 0 aliphatic rings. The van der Waals surface area contributed by atoms with E-state index in [0.29, 0.717) is 0 Å². The van der Waals surface area contributed by atoms with Crippen molar-refractivity contribution in [3.63, 3.8) is 0 Å². The van der Waals surface area contributed by atoms with Crippen LogP contribution in [0.4, 0.5) is 5.69 Å². The minimum Gasteiger partial charge on any atom is -0.497 e. The third kappa shape index (κ3) is 2.45. The van der Waals surface area contributed by atoms with Gasteiger partial charge in [-0.1, -0.05) is 11.8 Å². The first-order chi connectivity index (χ1) is 7.69. The van der Waals surface area contributed by atoms with Crippen molar-refractivity contribution in [3.8, 4) is 5.75 Å². The van der Waals surface area contributed by atoms with Gasteiger partial charge in [-0.15, -0.1) is 0 Å². The maximum atomic E-state index is 5.88. The molecule has 0 amide bonds. The second kappa shape index (κ2) is 4.71. The molecule has 2 rings (SSSR count). The average molecular weight is 253 g/mol. The largest absolute Gasteiger partial charge is 0.497 e. The zero-order chi connectivity index (χ0) is 11.5. The van der Waals surface area contributed by atoms with E-state index in [1.54, 1.807) is 7.11 Å². The monoisotopic (exact) mass is 253 g/mol. The summed E-state index contributed by atoms with van der Waals surface area (Å²) in [7, 11) is 1.63. The van der Waals surface area contributed by atoms with Crippen molar-refractivity contribution in [2.75, 3.05) is 12.8 Å². The summed E-state index contributed by atoms with van der Waals surface area (Å²) in [6.07, 6.45) is 0. The Balaban J connectivity index is 2.26. The highest BCUT2D eigenvalue weighted by Crippen LogP contribution is 2.35. The number of aromatic nitrogens is 2. The number of anilines is 1. The molecule has 84 valence electrons. The Morgan fingerprint density at radius 1 is 1.44 bits per heavy atom. The molecule has 0 spiro atoms. The Hall–Kier alpha value is -1.27. The molecule has 0 atom stereocenters. The molecule has 6 heteroatoms. The molecule has 0 saturated carbocycles. The van der Waals surface area contributed by atoms with E-state index < -0.39 is 0 Å². The Labute approximate surface area is 102 Å². The van der Waals surface area contributed by atoms with E-state index in [0.717, 1.165) is 26.5 Å². The Bertz CT molecular complexity index is 499. The number of benzene rings is 1. The van der Waals surface area contributed by atoms with E-state index in [2.05, 4.69) is 9.36 Å². The molecule has 0 aliphatic heterocycles. The van der Waals surface area contributed by atoms with Gasteiger partial charge < -0.3 is 10.5 Å². The lowest BCUT2D eigenvalue weighted by Crippen LogP contribution is -1.90. The van der Waals surface area contributed by atoms with E-state index >= 15 is 0 Å². The number of nitrogens with two attached hydrogens (primary N) is 1. The van der Waals surface area contributed by atoms with E-state index in [4.69, 9.17) is 10.5 Å². The fourth-order valence-corrected chi connectivity index (χ4v) is 2.82. The summed E-state index contributed by atoms with van der Waals surface area (Å²) in [5.41, 5.74) is 6.60. The quantitative estimate of drug-likeness (QED) is 0.852. The molecule has 1 heterocycles. The number of ether oxygens (including phenoxy) is 1. The van der Waals surface area contributed by atoms with Crippen LogP contribution in [0, 0.1) is 6.92 Å². The number of nitrogen functional groups attached to an aromatic ring is 1. The summed E-state index contributed by atoms with van der Waals surface area (Å²) in [5, 5.41) is 0. The Morgan fingerprint density at radius 2 is 2.25 bits per heavy atom. The maximum absolute atomic E-state index is 5.88. The number of methoxy groups -OCH3 is 1. The predicted octanol–water partition coefficient (Wildman–Crippen LogP) is 2.59. The van der Waals surface area contributed by atoms with Gasteiger partial charge >= 0.3 is 0 Å². The van der Waals surface area contributed by atoms with Gasteiger partial charge in [-0.25, -0.2) is 4.98 Å². The zero-order valence-corrected chi connectivity index (χ0v) is 10.6. The van der Waals surface area contributed by atoms with Crippen LogP contribution in [0.15, 0.2) is 27.4 Å². The molecule has 0 fully saturated rings. The van der Waals surface area contributed by atoms with E-state index in [9.17, 15) is 0 Å². The van der Waals surface area contributed by atoms with Crippen LogP contribution >= 0.6 is 23.3 Å². The molecule has 16 heavy (non-hydrogen) atoms. The van der Waals surface area contributed by atoms with Gasteiger partial charge in [0.05, 0.1) is 7.11 Å². The smallest absolute Gasteiger partial charge is 0.174 e. The minimum absolute atomic E-state index is 0.721. The van der Waals surface area contributed by atoms with Gasteiger partial charge in [0.15, 0.2) is 4.34 Å². The average Bonchev–Trinajstić information content (AvgIpc) is 2.67. The second-order valence-electron chi connectivity index (χ2n) is 3.11. The summed E-state index contributed by atoms with van der Waals surface area (Å²) in [4.78, 5) is 5.22. The third-order valence-electron chi connectivity index (χ3n) is 1.93. The van der Waals surface area contributed by atoms with Crippen molar-refractivity contribution in [1.82, 2.24) is 9.36 Å². The van der Waals surface area contributed by atoms with Gasteiger partial charge in [-0.2, -0.15) is 4.37 Å².